The highest BCUT2D eigenvalue weighted by Crippen LogP contribution is 2.12. The highest BCUT2D eigenvalue weighted by atomic mass is 16.5. The number of ketones is 1. The van der Waals surface area contributed by atoms with Crippen molar-refractivity contribution in [1.82, 2.24) is 0 Å². The van der Waals surface area contributed by atoms with Crippen LogP contribution in [0.3, 0.4) is 0 Å². The third kappa shape index (κ3) is 4.14. The van der Waals surface area contributed by atoms with Crippen molar-refractivity contribution >= 4 is 5.78 Å². The summed E-state index contributed by atoms with van der Waals surface area (Å²) in [6.45, 7) is 5.84. The van der Waals surface area contributed by atoms with Crippen LogP contribution in [0.1, 0.15) is 33.6 Å². The molecule has 2 unspecified atom stereocenters. The zero-order valence-electron chi connectivity index (χ0n) is 7.89. The summed E-state index contributed by atoms with van der Waals surface area (Å²) in [6.07, 6.45) is 1.76. The number of carbonyl (C=O) groups is 1. The summed E-state index contributed by atoms with van der Waals surface area (Å²) < 4.78 is 5.03. The standard InChI is InChI=1S/C9H18O2/c1-5-7(2)6-9(11-4)8(3)10/h7,9H,5-6H2,1-4H3. The minimum absolute atomic E-state index is 0.132. The number of hydrogen-bond acceptors (Lipinski definition) is 2. The molecule has 0 radical (unpaired) electrons. The zero-order chi connectivity index (χ0) is 8.85. The van der Waals surface area contributed by atoms with E-state index in [4.69, 9.17) is 4.74 Å². The highest BCUT2D eigenvalue weighted by Gasteiger charge is 2.15. The summed E-state index contributed by atoms with van der Waals surface area (Å²) in [5.41, 5.74) is 0. The lowest BCUT2D eigenvalue weighted by molar-refractivity contribution is -0.127. The Morgan fingerprint density at radius 2 is 2.09 bits per heavy atom. The van der Waals surface area contributed by atoms with E-state index in [0.29, 0.717) is 5.92 Å². The van der Waals surface area contributed by atoms with Gasteiger partial charge in [0, 0.05) is 7.11 Å². The number of Topliss-reactive ketones (excluding diaryl/α,β-unsaturated/α-hetero) is 1. The maximum absolute atomic E-state index is 10.9. The van der Waals surface area contributed by atoms with Crippen LogP contribution in [-0.4, -0.2) is 19.0 Å². The van der Waals surface area contributed by atoms with Crippen molar-refractivity contribution in [2.75, 3.05) is 7.11 Å². The van der Waals surface area contributed by atoms with E-state index in [9.17, 15) is 4.79 Å². The van der Waals surface area contributed by atoms with E-state index in [1.165, 1.54) is 0 Å². The van der Waals surface area contributed by atoms with Gasteiger partial charge in [0.25, 0.3) is 0 Å². The SMILES string of the molecule is CCC(C)CC(OC)C(C)=O. The molecule has 0 N–H and O–H groups in total. The molecule has 2 heteroatoms. The Kier molecular flexibility index (Phi) is 5.12. The van der Waals surface area contributed by atoms with Crippen LogP contribution < -0.4 is 0 Å². The average Bonchev–Trinajstić information content (AvgIpc) is 1.99. The lowest BCUT2D eigenvalue weighted by Crippen LogP contribution is -2.22. The maximum Gasteiger partial charge on any atom is 0.158 e. The van der Waals surface area contributed by atoms with Crippen molar-refractivity contribution in [2.45, 2.75) is 39.7 Å². The van der Waals surface area contributed by atoms with Gasteiger partial charge in [0.05, 0.1) is 0 Å². The molecule has 66 valence electrons. The van der Waals surface area contributed by atoms with Gasteiger partial charge in [-0.05, 0) is 19.3 Å². The molecule has 0 fully saturated rings. The van der Waals surface area contributed by atoms with Gasteiger partial charge in [-0.1, -0.05) is 20.3 Å². The topological polar surface area (TPSA) is 26.3 Å². The molecular weight excluding hydrogens is 140 g/mol. The molecule has 11 heavy (non-hydrogen) atoms. The minimum Gasteiger partial charge on any atom is -0.374 e. The van der Waals surface area contributed by atoms with E-state index < -0.39 is 0 Å². The van der Waals surface area contributed by atoms with Gasteiger partial charge in [-0.3, -0.25) is 4.79 Å². The molecule has 0 aromatic carbocycles. The first-order valence-corrected chi connectivity index (χ1v) is 4.15. The summed E-state index contributed by atoms with van der Waals surface area (Å²) in [4.78, 5) is 10.9. The Balaban J connectivity index is 3.77. The molecule has 2 atom stereocenters. The van der Waals surface area contributed by atoms with Crippen molar-refractivity contribution in [3.8, 4) is 0 Å². The minimum atomic E-state index is -0.190. The zero-order valence-corrected chi connectivity index (χ0v) is 7.89. The number of hydrogen-bond donors (Lipinski definition) is 0. The van der Waals surface area contributed by atoms with E-state index in [1.807, 2.05) is 0 Å². The van der Waals surface area contributed by atoms with Crippen molar-refractivity contribution in [3.63, 3.8) is 0 Å². The predicted molar refractivity (Wildman–Crippen MR) is 45.6 cm³/mol. The van der Waals surface area contributed by atoms with Crippen molar-refractivity contribution in [2.24, 2.45) is 5.92 Å². The third-order valence-electron chi connectivity index (χ3n) is 2.05. The molecule has 0 saturated heterocycles. The molecule has 0 amide bonds. The van der Waals surface area contributed by atoms with Crippen molar-refractivity contribution in [1.29, 1.82) is 0 Å². The second-order valence-electron chi connectivity index (χ2n) is 3.08. The second kappa shape index (κ2) is 5.30. The van der Waals surface area contributed by atoms with Crippen molar-refractivity contribution in [3.05, 3.63) is 0 Å². The van der Waals surface area contributed by atoms with E-state index >= 15 is 0 Å². The Morgan fingerprint density at radius 1 is 1.55 bits per heavy atom. The fraction of sp³-hybridized carbons (Fsp3) is 0.889. The Morgan fingerprint density at radius 3 is 2.36 bits per heavy atom. The molecule has 0 aliphatic carbocycles. The molecule has 0 heterocycles. The number of carbonyl (C=O) groups excluding carboxylic acids is 1. The lowest BCUT2D eigenvalue weighted by atomic mass is 9.99. The molecule has 0 aromatic heterocycles. The summed E-state index contributed by atoms with van der Waals surface area (Å²) in [6, 6.07) is 0. The van der Waals surface area contributed by atoms with Gasteiger partial charge in [0.1, 0.15) is 6.10 Å². The lowest BCUT2D eigenvalue weighted by Gasteiger charge is -2.15. The first-order valence-electron chi connectivity index (χ1n) is 4.15. The normalized spacial score (nSPS) is 16.0. The first-order chi connectivity index (χ1) is 5.11. The predicted octanol–water partition coefficient (Wildman–Crippen LogP) is 2.03. The number of rotatable bonds is 5. The average molecular weight is 158 g/mol. The van der Waals surface area contributed by atoms with Crippen LogP contribution in [0, 0.1) is 5.92 Å². The van der Waals surface area contributed by atoms with Gasteiger partial charge >= 0.3 is 0 Å². The Bertz CT molecular complexity index is 121. The van der Waals surface area contributed by atoms with E-state index in [-0.39, 0.29) is 11.9 Å². The van der Waals surface area contributed by atoms with Gasteiger partial charge in [0.2, 0.25) is 0 Å². The fourth-order valence-corrected chi connectivity index (χ4v) is 0.960. The van der Waals surface area contributed by atoms with Gasteiger partial charge in [-0.15, -0.1) is 0 Å². The largest absolute Gasteiger partial charge is 0.374 e. The molecule has 2 nitrogen and oxygen atoms in total. The van der Waals surface area contributed by atoms with Crippen LogP contribution in [0.4, 0.5) is 0 Å². The van der Waals surface area contributed by atoms with Gasteiger partial charge in [-0.25, -0.2) is 0 Å². The highest BCUT2D eigenvalue weighted by molar-refractivity contribution is 5.80. The fourth-order valence-electron chi connectivity index (χ4n) is 0.960. The summed E-state index contributed by atoms with van der Waals surface area (Å²) in [7, 11) is 1.59. The van der Waals surface area contributed by atoms with Crippen LogP contribution in [0.5, 0.6) is 0 Å². The van der Waals surface area contributed by atoms with Crippen LogP contribution in [0.2, 0.25) is 0 Å². The van der Waals surface area contributed by atoms with Crippen LogP contribution >= 0.6 is 0 Å². The molecule has 0 aliphatic rings. The molecule has 0 saturated carbocycles. The van der Waals surface area contributed by atoms with E-state index in [1.54, 1.807) is 14.0 Å². The molecule has 0 spiro atoms. The number of ether oxygens (including phenoxy) is 1. The van der Waals surface area contributed by atoms with Gasteiger partial charge in [0.15, 0.2) is 5.78 Å². The van der Waals surface area contributed by atoms with Crippen molar-refractivity contribution < 1.29 is 9.53 Å². The van der Waals surface area contributed by atoms with E-state index in [2.05, 4.69) is 13.8 Å². The quantitative estimate of drug-likeness (QED) is 0.612. The Labute approximate surface area is 68.9 Å². The van der Waals surface area contributed by atoms with Crippen LogP contribution in [-0.2, 0) is 9.53 Å². The molecule has 0 rings (SSSR count). The molecular formula is C9H18O2. The van der Waals surface area contributed by atoms with Crippen LogP contribution in [0.15, 0.2) is 0 Å². The smallest absolute Gasteiger partial charge is 0.158 e. The second-order valence-corrected chi connectivity index (χ2v) is 3.08. The summed E-state index contributed by atoms with van der Waals surface area (Å²) in [5, 5.41) is 0. The number of methoxy groups -OCH3 is 1. The monoisotopic (exact) mass is 158 g/mol. The molecule has 0 aromatic rings. The maximum atomic E-state index is 10.9. The Hall–Kier alpha value is -0.370. The van der Waals surface area contributed by atoms with Gasteiger partial charge in [-0.2, -0.15) is 0 Å². The van der Waals surface area contributed by atoms with Gasteiger partial charge < -0.3 is 4.74 Å². The van der Waals surface area contributed by atoms with E-state index in [0.717, 1.165) is 12.8 Å². The molecule has 0 aliphatic heterocycles. The van der Waals surface area contributed by atoms with Crippen LogP contribution in [0.25, 0.3) is 0 Å². The summed E-state index contributed by atoms with van der Waals surface area (Å²) in [5.74, 6) is 0.705. The summed E-state index contributed by atoms with van der Waals surface area (Å²) >= 11 is 0. The molecule has 0 bridgehead atoms. The first kappa shape index (κ1) is 10.6. The third-order valence-corrected chi connectivity index (χ3v) is 2.05.